The zero-order chi connectivity index (χ0) is 23.0. The van der Waals surface area contributed by atoms with Crippen LogP contribution in [0.2, 0.25) is 0 Å². The highest BCUT2D eigenvalue weighted by molar-refractivity contribution is 6.27. The number of benzene rings is 1. The number of carbonyl (C=O) groups is 2. The van der Waals surface area contributed by atoms with Gasteiger partial charge in [-0.3, -0.25) is 9.59 Å². The number of ether oxygens (including phenoxy) is 4. The molecule has 4 rings (SSSR count). The Balaban J connectivity index is 1.25. The van der Waals surface area contributed by atoms with Crippen LogP contribution in [0.5, 0.6) is 0 Å². The van der Waals surface area contributed by atoms with E-state index in [4.69, 9.17) is 30.5 Å². The summed E-state index contributed by atoms with van der Waals surface area (Å²) in [6, 6.07) is 6.13. The van der Waals surface area contributed by atoms with Crippen LogP contribution in [0.3, 0.4) is 0 Å². The molecule has 182 valence electrons. The summed E-state index contributed by atoms with van der Waals surface area (Å²) in [5.41, 5.74) is 2.97. The largest absolute Gasteiger partial charge is 0.356 e. The fraction of sp³-hybridized carbons (Fsp3) is 0.667. The molecule has 0 bridgehead atoms. The van der Waals surface area contributed by atoms with Gasteiger partial charge in [0, 0.05) is 30.1 Å². The SMILES string of the molecule is O=C(CCl)NCC1CCC(C(=O)NCCc2ccc(C3OCCO3)c(C3OCCO3)c2)CC1. The summed E-state index contributed by atoms with van der Waals surface area (Å²) in [5, 5.41) is 5.94. The van der Waals surface area contributed by atoms with Crippen molar-refractivity contribution < 1.29 is 28.5 Å². The summed E-state index contributed by atoms with van der Waals surface area (Å²) in [7, 11) is 0. The van der Waals surface area contributed by atoms with Gasteiger partial charge in [0.25, 0.3) is 0 Å². The van der Waals surface area contributed by atoms with Crippen LogP contribution in [-0.4, -0.2) is 57.2 Å². The summed E-state index contributed by atoms with van der Waals surface area (Å²) in [5.74, 6) is 0.434. The van der Waals surface area contributed by atoms with Gasteiger partial charge in [-0.25, -0.2) is 0 Å². The lowest BCUT2D eigenvalue weighted by molar-refractivity contribution is -0.126. The Morgan fingerprint density at radius 2 is 1.52 bits per heavy atom. The summed E-state index contributed by atoms with van der Waals surface area (Å²) in [4.78, 5) is 24.0. The summed E-state index contributed by atoms with van der Waals surface area (Å²) < 4.78 is 22.8. The van der Waals surface area contributed by atoms with Gasteiger partial charge >= 0.3 is 0 Å². The maximum atomic E-state index is 12.6. The Labute approximate surface area is 199 Å². The average molecular weight is 481 g/mol. The number of rotatable bonds is 9. The molecule has 2 aliphatic heterocycles. The third-order valence-corrected chi connectivity index (χ3v) is 6.79. The Morgan fingerprint density at radius 3 is 2.15 bits per heavy atom. The Morgan fingerprint density at radius 1 is 0.879 bits per heavy atom. The second kappa shape index (κ2) is 12.1. The predicted octanol–water partition coefficient (Wildman–Crippen LogP) is 2.60. The van der Waals surface area contributed by atoms with E-state index in [1.807, 2.05) is 12.1 Å². The van der Waals surface area contributed by atoms with E-state index >= 15 is 0 Å². The predicted molar refractivity (Wildman–Crippen MR) is 122 cm³/mol. The highest BCUT2D eigenvalue weighted by Gasteiger charge is 2.29. The fourth-order valence-electron chi connectivity index (χ4n) is 4.68. The van der Waals surface area contributed by atoms with E-state index in [0.29, 0.717) is 45.4 Å². The number of halogens is 1. The molecule has 3 aliphatic rings. The van der Waals surface area contributed by atoms with E-state index in [0.717, 1.165) is 48.8 Å². The van der Waals surface area contributed by atoms with Crippen molar-refractivity contribution in [2.24, 2.45) is 11.8 Å². The van der Waals surface area contributed by atoms with Crippen molar-refractivity contribution in [3.8, 4) is 0 Å². The van der Waals surface area contributed by atoms with Crippen LogP contribution >= 0.6 is 11.6 Å². The van der Waals surface area contributed by atoms with Gasteiger partial charge in [-0.15, -0.1) is 11.6 Å². The first kappa shape index (κ1) is 24.4. The van der Waals surface area contributed by atoms with Crippen LogP contribution in [0.4, 0.5) is 0 Å². The van der Waals surface area contributed by atoms with Gasteiger partial charge in [0.2, 0.25) is 11.8 Å². The van der Waals surface area contributed by atoms with Crippen molar-refractivity contribution in [3.63, 3.8) is 0 Å². The number of hydrogen-bond acceptors (Lipinski definition) is 6. The standard InChI is InChI=1S/C24H33ClN2O6/c25-14-21(28)27-15-17-1-4-18(5-2-17)22(29)26-8-7-16-3-6-19(23-30-9-10-31-23)20(13-16)24-32-11-12-33-24/h3,6,13,17-18,23-24H,1-2,4-5,7-12,14-15H2,(H,26,29)(H,27,28). The summed E-state index contributed by atoms with van der Waals surface area (Å²) in [6.07, 6.45) is 3.51. The third kappa shape index (κ3) is 6.67. The number of nitrogens with one attached hydrogen (secondary N) is 2. The van der Waals surface area contributed by atoms with Crippen LogP contribution in [0.25, 0.3) is 0 Å². The van der Waals surface area contributed by atoms with Gasteiger partial charge in [0.05, 0.1) is 26.4 Å². The zero-order valence-electron chi connectivity index (χ0n) is 18.9. The van der Waals surface area contributed by atoms with Gasteiger partial charge in [0.1, 0.15) is 5.88 Å². The number of alkyl halides is 1. The molecule has 0 aromatic heterocycles. The molecule has 1 aromatic rings. The van der Waals surface area contributed by atoms with E-state index in [1.165, 1.54) is 0 Å². The van der Waals surface area contributed by atoms with E-state index in [2.05, 4.69) is 16.7 Å². The normalized spacial score (nSPS) is 24.2. The molecule has 9 heteroatoms. The van der Waals surface area contributed by atoms with Gasteiger partial charge in [-0.1, -0.05) is 18.2 Å². The van der Waals surface area contributed by atoms with Crippen LogP contribution in [0.15, 0.2) is 18.2 Å². The van der Waals surface area contributed by atoms with Crippen LogP contribution in [-0.2, 0) is 35.0 Å². The molecule has 0 unspecified atom stereocenters. The van der Waals surface area contributed by atoms with Crippen molar-refractivity contribution in [1.29, 1.82) is 0 Å². The fourth-order valence-corrected chi connectivity index (χ4v) is 4.78. The summed E-state index contributed by atoms with van der Waals surface area (Å²) >= 11 is 5.52. The molecule has 1 aromatic carbocycles. The van der Waals surface area contributed by atoms with E-state index < -0.39 is 6.29 Å². The monoisotopic (exact) mass is 480 g/mol. The smallest absolute Gasteiger partial charge is 0.234 e. The molecule has 8 nitrogen and oxygen atoms in total. The van der Waals surface area contributed by atoms with Crippen molar-refractivity contribution in [2.75, 3.05) is 45.4 Å². The summed E-state index contributed by atoms with van der Waals surface area (Å²) in [6.45, 7) is 3.51. The van der Waals surface area contributed by atoms with Crippen molar-refractivity contribution in [2.45, 2.75) is 44.7 Å². The maximum absolute atomic E-state index is 12.6. The molecule has 2 saturated heterocycles. The van der Waals surface area contributed by atoms with Crippen LogP contribution < -0.4 is 10.6 Å². The van der Waals surface area contributed by atoms with E-state index in [1.54, 1.807) is 0 Å². The first-order valence-electron chi connectivity index (χ1n) is 11.8. The first-order valence-corrected chi connectivity index (χ1v) is 12.4. The molecule has 1 saturated carbocycles. The van der Waals surface area contributed by atoms with Crippen LogP contribution in [0, 0.1) is 11.8 Å². The molecule has 0 radical (unpaired) electrons. The van der Waals surface area contributed by atoms with Crippen molar-refractivity contribution in [3.05, 3.63) is 34.9 Å². The van der Waals surface area contributed by atoms with E-state index in [9.17, 15) is 9.59 Å². The number of amides is 2. The molecular formula is C24H33ClN2O6. The maximum Gasteiger partial charge on any atom is 0.234 e. The highest BCUT2D eigenvalue weighted by Crippen LogP contribution is 2.34. The molecule has 3 fully saturated rings. The molecular weight excluding hydrogens is 448 g/mol. The molecule has 0 atom stereocenters. The van der Waals surface area contributed by atoms with Crippen molar-refractivity contribution >= 4 is 23.4 Å². The molecule has 1 aliphatic carbocycles. The third-order valence-electron chi connectivity index (χ3n) is 6.54. The van der Waals surface area contributed by atoms with Gasteiger partial charge < -0.3 is 29.6 Å². The minimum absolute atomic E-state index is 0.00911. The Bertz CT molecular complexity index is 802. The van der Waals surface area contributed by atoms with Gasteiger partial charge in [0.15, 0.2) is 12.6 Å². The lowest BCUT2D eigenvalue weighted by Crippen LogP contribution is -2.37. The average Bonchev–Trinajstić information content (AvgIpc) is 3.57. The zero-order valence-corrected chi connectivity index (χ0v) is 19.6. The number of hydrogen-bond donors (Lipinski definition) is 2. The molecule has 2 N–H and O–H groups in total. The number of carbonyl (C=O) groups excluding carboxylic acids is 2. The molecule has 33 heavy (non-hydrogen) atoms. The van der Waals surface area contributed by atoms with Crippen molar-refractivity contribution in [1.82, 2.24) is 10.6 Å². The second-order valence-electron chi connectivity index (χ2n) is 8.81. The highest BCUT2D eigenvalue weighted by atomic mass is 35.5. The molecule has 2 amide bonds. The van der Waals surface area contributed by atoms with E-state index in [-0.39, 0.29) is 29.9 Å². The topological polar surface area (TPSA) is 95.1 Å². The minimum atomic E-state index is -0.410. The first-order chi connectivity index (χ1) is 16.1. The minimum Gasteiger partial charge on any atom is -0.356 e. The Hall–Kier alpha value is -1.71. The Kier molecular flexibility index (Phi) is 8.97. The lowest BCUT2D eigenvalue weighted by atomic mass is 9.81. The van der Waals surface area contributed by atoms with Gasteiger partial charge in [-0.2, -0.15) is 0 Å². The molecule has 2 heterocycles. The lowest BCUT2D eigenvalue weighted by Gasteiger charge is -2.27. The van der Waals surface area contributed by atoms with Gasteiger partial charge in [-0.05, 0) is 43.6 Å². The molecule has 0 spiro atoms. The van der Waals surface area contributed by atoms with Crippen LogP contribution in [0.1, 0.15) is 55.0 Å². The second-order valence-corrected chi connectivity index (χ2v) is 9.07. The quantitative estimate of drug-likeness (QED) is 0.527.